The van der Waals surface area contributed by atoms with E-state index in [1.165, 1.54) is 6.07 Å². The molecule has 34 heavy (non-hydrogen) atoms. The second kappa shape index (κ2) is 12.6. The van der Waals surface area contributed by atoms with Gasteiger partial charge in [-0.05, 0) is 62.9 Å². The van der Waals surface area contributed by atoms with E-state index < -0.39 is 0 Å². The number of nitrogens with zero attached hydrogens (tertiary/aromatic N) is 4. The monoisotopic (exact) mass is 504 g/mol. The van der Waals surface area contributed by atoms with Crippen LogP contribution in [0.5, 0.6) is 5.75 Å². The van der Waals surface area contributed by atoms with Gasteiger partial charge in [0.2, 0.25) is 0 Å². The molecule has 1 aliphatic rings. The molecule has 1 aromatic heterocycles. The molecule has 2 aromatic carbocycles. The fraction of sp³-hybridized carbons (Fsp3) is 0.462. The van der Waals surface area contributed by atoms with Gasteiger partial charge < -0.3 is 14.2 Å². The number of rotatable bonds is 12. The van der Waals surface area contributed by atoms with E-state index in [0.29, 0.717) is 18.4 Å². The Labute approximate surface area is 212 Å². The van der Waals surface area contributed by atoms with Crippen LogP contribution in [-0.2, 0) is 7.05 Å². The maximum atomic E-state index is 13.8. The number of hydrogen-bond acceptors (Lipinski definition) is 5. The smallest absolute Gasteiger partial charge is 0.191 e. The molecule has 1 saturated carbocycles. The number of aromatic nitrogens is 3. The Kier molecular flexibility index (Phi) is 9.80. The first-order valence-corrected chi connectivity index (χ1v) is 12.8. The van der Waals surface area contributed by atoms with Crippen LogP contribution in [0.4, 0.5) is 4.39 Å². The van der Waals surface area contributed by atoms with Crippen LogP contribution in [0, 0.1) is 11.7 Å². The molecule has 0 N–H and O–H groups in total. The molecule has 1 aliphatic carbocycles. The molecule has 0 amide bonds. The van der Waals surface area contributed by atoms with Crippen molar-refractivity contribution in [2.75, 3.05) is 32.0 Å². The molecule has 3 aromatic rings. The molecule has 0 radical (unpaired) electrons. The summed E-state index contributed by atoms with van der Waals surface area (Å²) in [5.41, 5.74) is 2.12. The molecule has 4 rings (SSSR count). The largest absolute Gasteiger partial charge is 0.494 e. The zero-order valence-electron chi connectivity index (χ0n) is 20.1. The minimum absolute atomic E-state index is 0. The lowest BCUT2D eigenvalue weighted by Gasteiger charge is -2.20. The van der Waals surface area contributed by atoms with E-state index in [-0.39, 0.29) is 18.2 Å². The van der Waals surface area contributed by atoms with Crippen molar-refractivity contribution in [1.82, 2.24) is 19.7 Å². The molecule has 2 atom stereocenters. The van der Waals surface area contributed by atoms with E-state index in [1.807, 2.05) is 32.2 Å². The van der Waals surface area contributed by atoms with E-state index in [1.54, 1.807) is 23.9 Å². The molecule has 184 valence electrons. The zero-order valence-corrected chi connectivity index (χ0v) is 21.7. The second-order valence-corrected chi connectivity index (χ2v) is 9.61. The Morgan fingerprint density at radius 1 is 1.15 bits per heavy atom. The standard InChI is InChI=1S/C26H33FN4OS.ClH/c1-4-31(18-20-16-22(20)23-17-21(27)12-13-24(23)32-5-2)14-9-15-33-26-29-28-25(30(26)3)19-10-7-6-8-11-19;/h6-8,10-13,17,20,22H,4-5,9,14-16,18H2,1-3H3;1H. The van der Waals surface area contributed by atoms with Gasteiger partial charge in [-0.25, -0.2) is 4.39 Å². The summed E-state index contributed by atoms with van der Waals surface area (Å²) in [6.45, 7) is 7.92. The van der Waals surface area contributed by atoms with Crippen LogP contribution in [0.25, 0.3) is 11.4 Å². The number of halogens is 2. The molecule has 1 fully saturated rings. The van der Waals surface area contributed by atoms with Crippen LogP contribution in [0.1, 0.15) is 38.2 Å². The predicted octanol–water partition coefficient (Wildman–Crippen LogP) is 6.05. The summed E-state index contributed by atoms with van der Waals surface area (Å²) < 4.78 is 21.6. The molecule has 0 saturated heterocycles. The summed E-state index contributed by atoms with van der Waals surface area (Å²) in [4.78, 5) is 2.51. The van der Waals surface area contributed by atoms with Gasteiger partial charge in [-0.3, -0.25) is 0 Å². The predicted molar refractivity (Wildman–Crippen MR) is 140 cm³/mol. The first-order chi connectivity index (χ1) is 16.1. The second-order valence-electron chi connectivity index (χ2n) is 8.54. The highest BCUT2D eigenvalue weighted by Gasteiger charge is 2.40. The van der Waals surface area contributed by atoms with Crippen LogP contribution in [0.2, 0.25) is 0 Å². The van der Waals surface area contributed by atoms with Gasteiger partial charge in [-0.2, -0.15) is 0 Å². The SMILES string of the molecule is CCOc1ccc(F)cc1C1CC1CN(CC)CCCSc1nnc(-c2ccccc2)n1C.Cl. The Bertz CT molecular complexity index is 1050. The minimum atomic E-state index is -0.178. The summed E-state index contributed by atoms with van der Waals surface area (Å²) in [6, 6.07) is 15.1. The maximum absolute atomic E-state index is 13.8. The normalized spacial score (nSPS) is 17.0. The number of ether oxygens (including phenoxy) is 1. The van der Waals surface area contributed by atoms with Crippen LogP contribution in [-0.4, -0.2) is 51.7 Å². The summed E-state index contributed by atoms with van der Waals surface area (Å²) in [6.07, 6.45) is 2.20. The van der Waals surface area contributed by atoms with E-state index in [0.717, 1.165) is 66.1 Å². The van der Waals surface area contributed by atoms with E-state index in [9.17, 15) is 4.39 Å². The lowest BCUT2D eigenvalue weighted by atomic mass is 10.1. The average Bonchev–Trinajstić information content (AvgIpc) is 3.50. The van der Waals surface area contributed by atoms with Gasteiger partial charge in [0.05, 0.1) is 6.61 Å². The molecule has 0 bridgehead atoms. The number of hydrogen-bond donors (Lipinski definition) is 0. The Morgan fingerprint density at radius 3 is 2.68 bits per heavy atom. The van der Waals surface area contributed by atoms with Crippen LogP contribution in [0.3, 0.4) is 0 Å². The van der Waals surface area contributed by atoms with Crippen molar-refractivity contribution in [2.24, 2.45) is 13.0 Å². The molecule has 2 unspecified atom stereocenters. The fourth-order valence-electron chi connectivity index (χ4n) is 4.37. The van der Waals surface area contributed by atoms with E-state index in [4.69, 9.17) is 4.74 Å². The third-order valence-corrected chi connectivity index (χ3v) is 7.36. The quantitative estimate of drug-likeness (QED) is 0.222. The molecule has 1 heterocycles. The van der Waals surface area contributed by atoms with Gasteiger partial charge in [-0.1, -0.05) is 49.0 Å². The Hall–Kier alpha value is -2.09. The zero-order chi connectivity index (χ0) is 23.2. The number of thioether (sulfide) groups is 1. The summed E-state index contributed by atoms with van der Waals surface area (Å²) >= 11 is 1.76. The first-order valence-electron chi connectivity index (χ1n) is 11.8. The summed E-state index contributed by atoms with van der Waals surface area (Å²) in [5.74, 6) is 3.54. The third kappa shape index (κ3) is 6.52. The average molecular weight is 505 g/mol. The highest BCUT2D eigenvalue weighted by Crippen LogP contribution is 2.50. The van der Waals surface area contributed by atoms with Crippen LogP contribution < -0.4 is 4.74 Å². The number of benzene rings is 2. The van der Waals surface area contributed by atoms with Gasteiger partial charge in [-0.15, -0.1) is 22.6 Å². The molecule has 0 spiro atoms. The van der Waals surface area contributed by atoms with Gasteiger partial charge >= 0.3 is 0 Å². The third-order valence-electron chi connectivity index (χ3n) is 6.25. The summed E-state index contributed by atoms with van der Waals surface area (Å²) in [5, 5.41) is 9.71. The van der Waals surface area contributed by atoms with Gasteiger partial charge in [0.25, 0.3) is 0 Å². The lowest BCUT2D eigenvalue weighted by Crippen LogP contribution is -2.27. The van der Waals surface area contributed by atoms with Crippen molar-refractivity contribution >= 4 is 24.2 Å². The van der Waals surface area contributed by atoms with Crippen LogP contribution >= 0.6 is 24.2 Å². The van der Waals surface area contributed by atoms with Crippen molar-refractivity contribution in [3.8, 4) is 17.1 Å². The minimum Gasteiger partial charge on any atom is -0.494 e. The van der Waals surface area contributed by atoms with Crippen LogP contribution in [0.15, 0.2) is 53.7 Å². The van der Waals surface area contributed by atoms with E-state index in [2.05, 4.69) is 38.7 Å². The highest BCUT2D eigenvalue weighted by molar-refractivity contribution is 7.99. The lowest BCUT2D eigenvalue weighted by molar-refractivity contribution is 0.275. The fourth-order valence-corrected chi connectivity index (χ4v) is 5.20. The Balaban J connectivity index is 0.00000324. The van der Waals surface area contributed by atoms with Gasteiger partial charge in [0, 0.05) is 30.5 Å². The Morgan fingerprint density at radius 2 is 1.94 bits per heavy atom. The molecular weight excluding hydrogens is 471 g/mol. The summed E-state index contributed by atoms with van der Waals surface area (Å²) in [7, 11) is 2.03. The van der Waals surface area contributed by atoms with Crippen molar-refractivity contribution < 1.29 is 9.13 Å². The van der Waals surface area contributed by atoms with Crippen molar-refractivity contribution in [1.29, 1.82) is 0 Å². The van der Waals surface area contributed by atoms with Crippen molar-refractivity contribution in [2.45, 2.75) is 37.8 Å². The van der Waals surface area contributed by atoms with Gasteiger partial charge in [0.15, 0.2) is 11.0 Å². The first kappa shape index (κ1) is 26.5. The molecular formula is C26H34ClFN4OS. The van der Waals surface area contributed by atoms with Crippen molar-refractivity contribution in [3.63, 3.8) is 0 Å². The highest BCUT2D eigenvalue weighted by atomic mass is 35.5. The topological polar surface area (TPSA) is 43.2 Å². The van der Waals surface area contributed by atoms with E-state index >= 15 is 0 Å². The van der Waals surface area contributed by atoms with Gasteiger partial charge in [0.1, 0.15) is 11.6 Å². The molecule has 8 heteroatoms. The molecule has 5 nitrogen and oxygen atoms in total. The van der Waals surface area contributed by atoms with Crippen molar-refractivity contribution in [3.05, 3.63) is 59.9 Å². The molecule has 0 aliphatic heterocycles. The maximum Gasteiger partial charge on any atom is 0.191 e.